The number of esters is 2. The molecule has 2 saturated carbocycles. The third kappa shape index (κ3) is 3.49. The normalized spacial score (nSPS) is 30.5. The maximum atomic E-state index is 13.7. The minimum atomic E-state index is -1.07. The Morgan fingerprint density at radius 2 is 1.51 bits per heavy atom. The highest BCUT2D eigenvalue weighted by molar-refractivity contribution is 6.09. The zero-order valence-corrected chi connectivity index (χ0v) is 19.2. The first-order valence-electron chi connectivity index (χ1n) is 12.0. The monoisotopic (exact) mass is 471 g/mol. The number of benzene rings is 2. The van der Waals surface area contributed by atoms with E-state index >= 15 is 0 Å². The van der Waals surface area contributed by atoms with Gasteiger partial charge in [0.2, 0.25) is 11.8 Å². The lowest BCUT2D eigenvalue weighted by Gasteiger charge is -2.37. The lowest BCUT2D eigenvalue weighted by Crippen LogP contribution is -2.48. The van der Waals surface area contributed by atoms with Crippen molar-refractivity contribution in [2.24, 2.45) is 35.5 Å². The van der Waals surface area contributed by atoms with Gasteiger partial charge in [-0.15, -0.1) is 0 Å². The number of carbonyl (C=O) groups excluding carboxylic acids is 4. The molecule has 0 spiro atoms. The summed E-state index contributed by atoms with van der Waals surface area (Å²) in [5, 5.41) is 0. The largest absolute Gasteiger partial charge is 0.465 e. The SMILES string of the molecule is COC(=O)c1ccc(OC(=O)[C@H](Cc2ccccc2)N2C(=O)[C@H]3[C@@H]4C=C[C@H]([C@H]5C[C@H]45)[C@@H]3C2=O)cc1. The fourth-order valence-electron chi connectivity index (χ4n) is 6.37. The van der Waals surface area contributed by atoms with E-state index in [0.29, 0.717) is 17.4 Å². The van der Waals surface area contributed by atoms with Crippen molar-refractivity contribution in [1.29, 1.82) is 0 Å². The Hall–Kier alpha value is -3.74. The van der Waals surface area contributed by atoms with Gasteiger partial charge in [-0.25, -0.2) is 9.59 Å². The molecule has 3 fully saturated rings. The van der Waals surface area contributed by atoms with E-state index in [0.717, 1.165) is 12.0 Å². The van der Waals surface area contributed by atoms with Gasteiger partial charge < -0.3 is 9.47 Å². The van der Waals surface area contributed by atoms with E-state index in [4.69, 9.17) is 9.47 Å². The van der Waals surface area contributed by atoms with E-state index in [-0.39, 0.29) is 47.7 Å². The number of likely N-dealkylation sites (tertiary alicyclic amines) is 1. The van der Waals surface area contributed by atoms with Gasteiger partial charge in [0.1, 0.15) is 11.8 Å². The predicted molar refractivity (Wildman–Crippen MR) is 124 cm³/mol. The van der Waals surface area contributed by atoms with Gasteiger partial charge in [0, 0.05) is 6.42 Å². The van der Waals surface area contributed by atoms with Gasteiger partial charge in [0.25, 0.3) is 0 Å². The summed E-state index contributed by atoms with van der Waals surface area (Å²) in [6.45, 7) is 0. The number of nitrogens with zero attached hydrogens (tertiary/aromatic N) is 1. The number of hydrogen-bond donors (Lipinski definition) is 0. The zero-order valence-electron chi connectivity index (χ0n) is 19.2. The minimum Gasteiger partial charge on any atom is -0.465 e. The lowest BCUT2D eigenvalue weighted by molar-refractivity contribution is -0.153. The smallest absolute Gasteiger partial charge is 0.337 e. The molecule has 0 aromatic heterocycles. The number of imide groups is 1. The van der Waals surface area contributed by atoms with Crippen molar-refractivity contribution in [2.45, 2.75) is 18.9 Å². The Morgan fingerprint density at radius 1 is 0.914 bits per heavy atom. The van der Waals surface area contributed by atoms with E-state index < -0.39 is 18.0 Å². The lowest BCUT2D eigenvalue weighted by atomic mass is 9.63. The molecule has 0 unspecified atom stereocenters. The second-order valence-corrected chi connectivity index (χ2v) is 9.84. The summed E-state index contributed by atoms with van der Waals surface area (Å²) in [7, 11) is 1.29. The molecule has 7 atom stereocenters. The van der Waals surface area contributed by atoms with Crippen LogP contribution in [0.5, 0.6) is 5.75 Å². The van der Waals surface area contributed by atoms with Crippen molar-refractivity contribution in [1.82, 2.24) is 4.90 Å². The number of allylic oxidation sites excluding steroid dienone is 2. The summed E-state index contributed by atoms with van der Waals surface area (Å²) >= 11 is 0. The van der Waals surface area contributed by atoms with Gasteiger partial charge in [0.05, 0.1) is 24.5 Å². The van der Waals surface area contributed by atoms with Crippen LogP contribution < -0.4 is 4.74 Å². The van der Waals surface area contributed by atoms with Gasteiger partial charge in [-0.2, -0.15) is 0 Å². The Balaban J connectivity index is 1.29. The molecule has 0 N–H and O–H groups in total. The molecule has 2 bridgehead atoms. The zero-order chi connectivity index (χ0) is 24.3. The second-order valence-electron chi connectivity index (χ2n) is 9.84. The van der Waals surface area contributed by atoms with Crippen LogP contribution in [0.2, 0.25) is 0 Å². The molecule has 7 nitrogen and oxygen atoms in total. The van der Waals surface area contributed by atoms with Crippen molar-refractivity contribution in [3.8, 4) is 5.75 Å². The van der Waals surface area contributed by atoms with Gasteiger partial charge in [-0.3, -0.25) is 14.5 Å². The van der Waals surface area contributed by atoms with Crippen molar-refractivity contribution in [2.75, 3.05) is 7.11 Å². The van der Waals surface area contributed by atoms with Crippen LogP contribution in [0.3, 0.4) is 0 Å². The summed E-state index contributed by atoms with van der Waals surface area (Å²) in [6, 6.07) is 14.2. The van der Waals surface area contributed by atoms with Crippen molar-refractivity contribution in [3.63, 3.8) is 0 Å². The quantitative estimate of drug-likeness (QED) is 0.278. The third-order valence-electron chi connectivity index (χ3n) is 8.05. The summed E-state index contributed by atoms with van der Waals surface area (Å²) in [4.78, 5) is 53.6. The predicted octanol–water partition coefficient (Wildman–Crippen LogP) is 3.04. The van der Waals surface area contributed by atoms with Crippen molar-refractivity contribution in [3.05, 3.63) is 77.9 Å². The van der Waals surface area contributed by atoms with Gasteiger partial charge in [-0.05, 0) is 59.9 Å². The first-order valence-corrected chi connectivity index (χ1v) is 12.0. The average Bonchev–Trinajstić information content (AvgIpc) is 3.67. The van der Waals surface area contributed by atoms with Crippen LogP contribution in [0.25, 0.3) is 0 Å². The number of rotatable bonds is 6. The maximum Gasteiger partial charge on any atom is 0.337 e. The van der Waals surface area contributed by atoms with Gasteiger partial charge in [0.15, 0.2) is 0 Å². The Morgan fingerprint density at radius 3 is 2.09 bits per heavy atom. The standard InChI is InChI=1S/C28H25NO6/c1-34-27(32)16-7-9-17(10-8-16)35-28(33)22(13-15-5-3-2-4-6-15)29-25(30)23-18-11-12-19(21-14-20(18)21)24(23)26(29)31/h2-12,18-24H,13-14H2,1H3/t18-,19-,20-,21-,22+,23+,24+/m1/s1. The third-order valence-corrected chi connectivity index (χ3v) is 8.05. The first-order chi connectivity index (χ1) is 17.0. The fraction of sp³-hybridized carbons (Fsp3) is 0.357. The van der Waals surface area contributed by atoms with Crippen LogP contribution in [-0.4, -0.2) is 41.8 Å². The molecule has 0 radical (unpaired) electrons. The minimum absolute atomic E-state index is 0.0794. The summed E-state index contributed by atoms with van der Waals surface area (Å²) in [5.41, 5.74) is 1.15. The van der Waals surface area contributed by atoms with Crippen LogP contribution in [0, 0.1) is 35.5 Å². The molecule has 2 amide bonds. The molecule has 178 valence electrons. The number of carbonyl (C=O) groups is 4. The summed E-state index contributed by atoms with van der Waals surface area (Å²) in [6.07, 6.45) is 5.48. The van der Waals surface area contributed by atoms with Crippen LogP contribution in [-0.2, 0) is 25.5 Å². The van der Waals surface area contributed by atoms with Crippen LogP contribution in [0.15, 0.2) is 66.7 Å². The van der Waals surface area contributed by atoms with Gasteiger partial charge >= 0.3 is 11.9 Å². The Bertz CT molecular complexity index is 1200. The molecular formula is C28H25NO6. The first kappa shape index (κ1) is 21.8. The number of hydrogen-bond acceptors (Lipinski definition) is 6. The molecule has 1 aliphatic heterocycles. The van der Waals surface area contributed by atoms with Crippen LogP contribution in [0.1, 0.15) is 22.3 Å². The molecular weight excluding hydrogens is 446 g/mol. The summed E-state index contributed by atoms with van der Waals surface area (Å²) < 4.78 is 10.3. The molecule has 7 heteroatoms. The molecule has 7 rings (SSSR count). The fourth-order valence-corrected chi connectivity index (χ4v) is 6.37. The Labute approximate surface area is 202 Å². The van der Waals surface area contributed by atoms with Crippen molar-refractivity contribution >= 4 is 23.8 Å². The maximum absolute atomic E-state index is 13.7. The van der Waals surface area contributed by atoms with Crippen LogP contribution >= 0.6 is 0 Å². The van der Waals surface area contributed by atoms with E-state index in [1.54, 1.807) is 0 Å². The topological polar surface area (TPSA) is 90.0 Å². The molecule has 5 aliphatic rings. The molecule has 1 saturated heterocycles. The second kappa shape index (κ2) is 8.18. The van der Waals surface area contributed by atoms with E-state index in [9.17, 15) is 19.2 Å². The highest BCUT2D eigenvalue weighted by atomic mass is 16.5. The number of amides is 2. The van der Waals surface area contributed by atoms with E-state index in [2.05, 4.69) is 12.2 Å². The van der Waals surface area contributed by atoms with E-state index in [1.165, 1.54) is 36.3 Å². The van der Waals surface area contributed by atoms with Crippen LogP contribution in [0.4, 0.5) is 0 Å². The number of ether oxygens (including phenoxy) is 2. The van der Waals surface area contributed by atoms with Gasteiger partial charge in [-0.1, -0.05) is 42.5 Å². The molecule has 2 aromatic carbocycles. The Kier molecular flexibility index (Phi) is 5.09. The molecule has 4 aliphatic carbocycles. The highest BCUT2D eigenvalue weighted by Crippen LogP contribution is 2.65. The highest BCUT2D eigenvalue weighted by Gasteiger charge is 2.68. The average molecular weight is 472 g/mol. The molecule has 1 heterocycles. The van der Waals surface area contributed by atoms with E-state index in [1.807, 2.05) is 30.3 Å². The van der Waals surface area contributed by atoms with Crippen molar-refractivity contribution < 1.29 is 28.7 Å². The molecule has 35 heavy (non-hydrogen) atoms. The molecule has 2 aromatic rings. The number of methoxy groups -OCH3 is 1. The summed E-state index contributed by atoms with van der Waals surface area (Å²) in [5.74, 6) is -1.11.